The Morgan fingerprint density at radius 2 is 1.74 bits per heavy atom. The second kappa shape index (κ2) is 10.1. The zero-order chi connectivity index (χ0) is 24.5. The first-order valence-corrected chi connectivity index (χ1v) is 12.2. The third-order valence-corrected chi connectivity index (χ3v) is 7.41. The van der Waals surface area contributed by atoms with Crippen molar-refractivity contribution in [1.82, 2.24) is 9.88 Å². The van der Waals surface area contributed by atoms with Crippen LogP contribution in [0.25, 0.3) is 11.3 Å². The van der Waals surface area contributed by atoms with Crippen molar-refractivity contribution in [3.63, 3.8) is 0 Å². The number of hydrogen-bond acceptors (Lipinski definition) is 2. The van der Waals surface area contributed by atoms with Crippen LogP contribution < -0.4 is 5.32 Å². The molecule has 1 aromatic carbocycles. The van der Waals surface area contributed by atoms with Gasteiger partial charge in [0.05, 0.1) is 22.9 Å². The van der Waals surface area contributed by atoms with E-state index in [0.29, 0.717) is 24.2 Å². The zero-order valence-electron chi connectivity index (χ0n) is 19.4. The molecule has 186 valence electrons. The molecule has 4 nitrogen and oxygen atoms in total. The van der Waals surface area contributed by atoms with Crippen LogP contribution in [0, 0.1) is 18.7 Å². The summed E-state index contributed by atoms with van der Waals surface area (Å²) in [7, 11) is 0. The molecule has 2 aromatic rings. The summed E-state index contributed by atoms with van der Waals surface area (Å²) in [6.07, 6.45) is 3.19. The molecule has 8 heteroatoms. The fraction of sp³-hybridized carbons (Fsp3) is 0.577. The van der Waals surface area contributed by atoms with Crippen LogP contribution >= 0.6 is 0 Å². The molecule has 2 atom stereocenters. The maximum absolute atomic E-state index is 14.9. The van der Waals surface area contributed by atoms with Gasteiger partial charge in [-0.25, -0.2) is 4.39 Å². The number of nitrogens with zero attached hydrogens (tertiary/aromatic N) is 1. The quantitative estimate of drug-likeness (QED) is 0.498. The average Bonchev–Trinajstić information content (AvgIpc) is 3.11. The normalized spacial score (nSPS) is 22.1. The van der Waals surface area contributed by atoms with Gasteiger partial charge in [-0.1, -0.05) is 32.1 Å². The maximum atomic E-state index is 14.9. The molecule has 2 aliphatic rings. The summed E-state index contributed by atoms with van der Waals surface area (Å²) in [5, 5.41) is 13.6. The number of aromatic nitrogens is 1. The SMILES string of the molecule is Cc1c(C(=O)NC2CCCCC2)cc(-c2cc(C(F)(F)F)ccc2F)n1C[C@@H]1CCCC[C@H]1O. The van der Waals surface area contributed by atoms with E-state index in [0.717, 1.165) is 69.6 Å². The first kappa shape index (κ1) is 24.8. The van der Waals surface area contributed by atoms with Crippen molar-refractivity contribution >= 4 is 5.91 Å². The minimum atomic E-state index is -4.62. The fourth-order valence-corrected chi connectivity index (χ4v) is 5.38. The van der Waals surface area contributed by atoms with Crippen LogP contribution in [0.3, 0.4) is 0 Å². The van der Waals surface area contributed by atoms with Crippen molar-refractivity contribution in [2.75, 3.05) is 0 Å². The van der Waals surface area contributed by atoms with Gasteiger partial charge in [-0.3, -0.25) is 4.79 Å². The standard InChI is InChI=1S/C26H32F4N2O2/c1-16-20(25(34)31-19-8-3-2-4-9-19)14-23(32(16)15-17-7-5-6-10-24(17)33)21-13-18(26(28,29)30)11-12-22(21)27/h11-14,17,19,24,33H,2-10,15H2,1H3,(H,31,34)/t17-,24+/m0/s1. The molecule has 1 aromatic heterocycles. The van der Waals surface area contributed by atoms with Crippen LogP contribution in [0.15, 0.2) is 24.3 Å². The Hall–Kier alpha value is -2.35. The predicted octanol–water partition coefficient (Wildman–Crippen LogP) is 6.24. The van der Waals surface area contributed by atoms with Crippen LogP contribution in [0.5, 0.6) is 0 Å². The summed E-state index contributed by atoms with van der Waals surface area (Å²) in [4.78, 5) is 13.2. The summed E-state index contributed by atoms with van der Waals surface area (Å²) >= 11 is 0. The Morgan fingerprint density at radius 1 is 1.06 bits per heavy atom. The molecular weight excluding hydrogens is 448 g/mol. The Labute approximate surface area is 197 Å². The van der Waals surface area contributed by atoms with Crippen LogP contribution in [-0.4, -0.2) is 27.7 Å². The molecule has 1 heterocycles. The van der Waals surface area contributed by atoms with Gasteiger partial charge in [0.1, 0.15) is 5.82 Å². The molecule has 0 spiro atoms. The van der Waals surface area contributed by atoms with E-state index >= 15 is 0 Å². The molecule has 0 bridgehead atoms. The summed E-state index contributed by atoms with van der Waals surface area (Å²) in [6, 6.07) is 3.92. The number of rotatable bonds is 5. The second-order valence-corrected chi connectivity index (χ2v) is 9.75. The molecule has 2 fully saturated rings. The smallest absolute Gasteiger partial charge is 0.393 e. The van der Waals surface area contributed by atoms with Crippen LogP contribution in [0.1, 0.15) is 79.4 Å². The number of alkyl halides is 3. The number of benzene rings is 1. The van der Waals surface area contributed by atoms with Gasteiger partial charge in [0.2, 0.25) is 0 Å². The molecule has 2 aliphatic carbocycles. The van der Waals surface area contributed by atoms with Gasteiger partial charge < -0.3 is 15.0 Å². The average molecular weight is 481 g/mol. The van der Waals surface area contributed by atoms with Gasteiger partial charge in [-0.15, -0.1) is 0 Å². The van der Waals surface area contributed by atoms with Gasteiger partial charge in [-0.05, 0) is 56.9 Å². The first-order valence-electron chi connectivity index (χ1n) is 12.2. The van der Waals surface area contributed by atoms with Gasteiger partial charge in [0.15, 0.2) is 0 Å². The number of carbonyl (C=O) groups excluding carboxylic acids is 1. The molecule has 34 heavy (non-hydrogen) atoms. The first-order chi connectivity index (χ1) is 16.1. The number of hydrogen-bond donors (Lipinski definition) is 2. The Bertz CT molecular complexity index is 1020. The molecule has 0 unspecified atom stereocenters. The third kappa shape index (κ3) is 5.32. The number of amides is 1. The largest absolute Gasteiger partial charge is 0.416 e. The molecule has 0 aliphatic heterocycles. The third-order valence-electron chi connectivity index (χ3n) is 7.41. The van der Waals surface area contributed by atoms with Gasteiger partial charge >= 0.3 is 6.18 Å². The predicted molar refractivity (Wildman–Crippen MR) is 122 cm³/mol. The lowest BCUT2D eigenvalue weighted by Crippen LogP contribution is -2.36. The van der Waals surface area contributed by atoms with Crippen molar-refractivity contribution in [3.8, 4) is 11.3 Å². The van der Waals surface area contributed by atoms with Crippen molar-refractivity contribution < 1.29 is 27.5 Å². The lowest BCUT2D eigenvalue weighted by atomic mass is 9.86. The molecule has 4 rings (SSSR count). The van der Waals surface area contributed by atoms with E-state index in [2.05, 4.69) is 5.32 Å². The monoisotopic (exact) mass is 480 g/mol. The molecule has 1 amide bonds. The number of nitrogens with one attached hydrogen (secondary N) is 1. The van der Waals surface area contributed by atoms with Crippen LogP contribution in [-0.2, 0) is 12.7 Å². The fourth-order valence-electron chi connectivity index (χ4n) is 5.38. The highest BCUT2D eigenvalue weighted by molar-refractivity contribution is 5.97. The van der Waals surface area contributed by atoms with Gasteiger partial charge in [0.25, 0.3) is 5.91 Å². The van der Waals surface area contributed by atoms with E-state index in [9.17, 15) is 27.5 Å². The van der Waals surface area contributed by atoms with E-state index in [1.807, 2.05) is 0 Å². The van der Waals surface area contributed by atoms with Crippen LogP contribution in [0.4, 0.5) is 17.6 Å². The summed E-state index contributed by atoms with van der Waals surface area (Å²) < 4.78 is 56.7. The Morgan fingerprint density at radius 3 is 2.41 bits per heavy atom. The lowest BCUT2D eigenvalue weighted by Gasteiger charge is -2.29. The van der Waals surface area contributed by atoms with E-state index in [4.69, 9.17) is 0 Å². The Balaban J connectivity index is 1.75. The van der Waals surface area contributed by atoms with E-state index in [1.165, 1.54) is 6.07 Å². The molecule has 0 radical (unpaired) electrons. The van der Waals surface area contributed by atoms with Crippen molar-refractivity contribution in [2.24, 2.45) is 5.92 Å². The molecular formula is C26H32F4N2O2. The number of aliphatic hydroxyl groups is 1. The molecule has 2 saturated carbocycles. The highest BCUT2D eigenvalue weighted by atomic mass is 19.4. The minimum absolute atomic E-state index is 0.0675. The second-order valence-electron chi connectivity index (χ2n) is 9.75. The zero-order valence-corrected chi connectivity index (χ0v) is 19.4. The van der Waals surface area contributed by atoms with Crippen molar-refractivity contribution in [2.45, 2.75) is 89.6 Å². The van der Waals surface area contributed by atoms with Gasteiger partial charge in [-0.2, -0.15) is 13.2 Å². The van der Waals surface area contributed by atoms with E-state index in [1.54, 1.807) is 11.5 Å². The lowest BCUT2D eigenvalue weighted by molar-refractivity contribution is -0.137. The summed E-state index contributed by atoms with van der Waals surface area (Å²) in [5.74, 6) is -1.18. The maximum Gasteiger partial charge on any atom is 0.416 e. The highest BCUT2D eigenvalue weighted by Crippen LogP contribution is 2.36. The summed E-state index contributed by atoms with van der Waals surface area (Å²) in [6.45, 7) is 2.05. The number of carbonyl (C=O) groups is 1. The van der Waals surface area contributed by atoms with Gasteiger partial charge in [0, 0.05) is 29.8 Å². The van der Waals surface area contributed by atoms with Crippen molar-refractivity contribution in [3.05, 3.63) is 46.9 Å². The molecule has 2 N–H and O–H groups in total. The number of aliphatic hydroxyl groups excluding tert-OH is 1. The number of halogens is 4. The van der Waals surface area contributed by atoms with E-state index < -0.39 is 23.7 Å². The molecule has 0 saturated heterocycles. The van der Waals surface area contributed by atoms with Crippen LogP contribution in [0.2, 0.25) is 0 Å². The van der Waals surface area contributed by atoms with E-state index in [-0.39, 0.29) is 29.1 Å². The highest BCUT2D eigenvalue weighted by Gasteiger charge is 2.33. The summed E-state index contributed by atoms with van der Waals surface area (Å²) in [5.41, 5.74) is -0.00611. The Kier molecular flexibility index (Phi) is 7.36. The topological polar surface area (TPSA) is 54.3 Å². The van der Waals surface area contributed by atoms with Crippen molar-refractivity contribution in [1.29, 1.82) is 0 Å². The minimum Gasteiger partial charge on any atom is -0.393 e.